The molecule has 0 amide bonds. The standard InChI is InChI=1S/C2H2O4.ClH.2Zn/c3-1(4)2(5)6;;;/h(H,3,4)(H,5,6);1H;;/q;;2*+2/p-3. The molecule has 9 heavy (non-hydrogen) atoms. The Labute approximate surface area is 82.9 Å². The van der Waals surface area contributed by atoms with E-state index in [2.05, 4.69) is 0 Å². The Morgan fingerprint density at radius 2 is 1.00 bits per heavy atom. The Morgan fingerprint density at radius 1 is 0.889 bits per heavy atom. The summed E-state index contributed by atoms with van der Waals surface area (Å²) < 4.78 is 0. The van der Waals surface area contributed by atoms with Crippen molar-refractivity contribution in [3.05, 3.63) is 0 Å². The number of aliphatic carboxylic acids is 2. The second-order valence-electron chi connectivity index (χ2n) is 0.575. The third-order valence-corrected chi connectivity index (χ3v) is 0.167. The summed E-state index contributed by atoms with van der Waals surface area (Å²) in [5.74, 6) is -4.37. The zero-order valence-electron chi connectivity index (χ0n) is 4.43. The first-order chi connectivity index (χ1) is 2.64. The molecule has 0 fully saturated rings. The normalized spacial score (nSPS) is 4.89. The van der Waals surface area contributed by atoms with Crippen LogP contribution in [0.15, 0.2) is 0 Å². The van der Waals surface area contributed by atoms with Crippen molar-refractivity contribution < 1.29 is 71.2 Å². The third-order valence-electron chi connectivity index (χ3n) is 0.167. The van der Waals surface area contributed by atoms with Crippen LogP contribution in [0.3, 0.4) is 0 Å². The molecule has 42 valence electrons. The Morgan fingerprint density at radius 3 is 1.00 bits per heavy atom. The molecule has 0 saturated heterocycles. The number of carbonyl (C=O) groups is 2. The fourth-order valence-electron chi connectivity index (χ4n) is 0. The van der Waals surface area contributed by atoms with E-state index in [0.717, 1.165) is 0 Å². The molecule has 0 aromatic carbocycles. The van der Waals surface area contributed by atoms with E-state index >= 15 is 0 Å². The SMILES string of the molecule is O=C([O-])C(=O)[O-].[Cl-].[Zn+2].[Zn+2]. The molecule has 0 unspecified atom stereocenters. The Bertz CT molecular complexity index is 82.6. The molecule has 0 bridgehead atoms. The molecule has 0 aromatic heterocycles. The molecular formula is C2ClO4Zn2+. The minimum atomic E-state index is -2.19. The Hall–Kier alpha value is 0.477. The summed E-state index contributed by atoms with van der Waals surface area (Å²) >= 11 is 0. The van der Waals surface area contributed by atoms with Crippen LogP contribution in [0.1, 0.15) is 0 Å². The summed E-state index contributed by atoms with van der Waals surface area (Å²) in [6, 6.07) is 0. The molecule has 0 spiro atoms. The average molecular weight is 254 g/mol. The number of hydrogen-bond donors (Lipinski definition) is 0. The van der Waals surface area contributed by atoms with Crippen LogP contribution in [0.2, 0.25) is 0 Å². The molecule has 0 radical (unpaired) electrons. The van der Waals surface area contributed by atoms with Gasteiger partial charge in [-0.2, -0.15) is 0 Å². The van der Waals surface area contributed by atoms with Crippen LogP contribution >= 0.6 is 0 Å². The minimum Gasteiger partial charge on any atom is -1.00 e. The molecule has 0 aromatic rings. The van der Waals surface area contributed by atoms with Crippen molar-refractivity contribution in [1.82, 2.24) is 0 Å². The number of carbonyl (C=O) groups excluding carboxylic acids is 2. The second-order valence-corrected chi connectivity index (χ2v) is 0.575. The maximum atomic E-state index is 8.93. The maximum absolute atomic E-state index is 8.93. The average Bonchev–Trinajstić information content (AvgIpc) is 1.36. The van der Waals surface area contributed by atoms with Gasteiger partial charge in [-0.1, -0.05) is 0 Å². The van der Waals surface area contributed by atoms with Gasteiger partial charge in [0.25, 0.3) is 0 Å². The van der Waals surface area contributed by atoms with Gasteiger partial charge in [0.15, 0.2) is 0 Å². The summed E-state index contributed by atoms with van der Waals surface area (Å²) in [5, 5.41) is 17.9. The van der Waals surface area contributed by atoms with Crippen molar-refractivity contribution in [1.29, 1.82) is 0 Å². The molecule has 4 nitrogen and oxygen atoms in total. The molecule has 0 heterocycles. The van der Waals surface area contributed by atoms with Crippen molar-refractivity contribution in [3.8, 4) is 0 Å². The van der Waals surface area contributed by atoms with Crippen molar-refractivity contribution in [2.45, 2.75) is 0 Å². The number of rotatable bonds is 0. The smallest absolute Gasteiger partial charge is 1.00 e. The van der Waals surface area contributed by atoms with E-state index in [9.17, 15) is 0 Å². The van der Waals surface area contributed by atoms with Crippen molar-refractivity contribution in [3.63, 3.8) is 0 Å². The van der Waals surface area contributed by atoms with Crippen LogP contribution in [0, 0.1) is 0 Å². The zero-order chi connectivity index (χ0) is 5.15. The molecule has 0 rings (SSSR count). The van der Waals surface area contributed by atoms with Crippen molar-refractivity contribution in [2.75, 3.05) is 0 Å². The van der Waals surface area contributed by atoms with Gasteiger partial charge in [-0.25, -0.2) is 0 Å². The van der Waals surface area contributed by atoms with Crippen LogP contribution in [-0.4, -0.2) is 11.9 Å². The Kier molecular flexibility index (Phi) is 28.5. The molecule has 7 heteroatoms. The van der Waals surface area contributed by atoms with E-state index in [0.29, 0.717) is 0 Å². The molecule has 0 aliphatic rings. The summed E-state index contributed by atoms with van der Waals surface area (Å²) in [5.41, 5.74) is 0. The van der Waals surface area contributed by atoms with Gasteiger partial charge in [-0.15, -0.1) is 0 Å². The van der Waals surface area contributed by atoms with E-state index in [-0.39, 0.29) is 51.4 Å². The van der Waals surface area contributed by atoms with Crippen LogP contribution in [0.25, 0.3) is 0 Å². The number of halogens is 1. The van der Waals surface area contributed by atoms with E-state index < -0.39 is 11.9 Å². The molecule has 0 aliphatic heterocycles. The van der Waals surface area contributed by atoms with Gasteiger partial charge in [0.1, 0.15) is 0 Å². The van der Waals surface area contributed by atoms with Gasteiger partial charge in [0.2, 0.25) is 0 Å². The second kappa shape index (κ2) is 11.3. The largest absolute Gasteiger partial charge is 2.00 e. The van der Waals surface area contributed by atoms with Gasteiger partial charge >= 0.3 is 39.0 Å². The molecular weight excluding hydrogens is 254 g/mol. The predicted octanol–water partition coefficient (Wildman–Crippen LogP) is -6.51. The van der Waals surface area contributed by atoms with Crippen LogP contribution in [-0.2, 0) is 48.5 Å². The van der Waals surface area contributed by atoms with Crippen LogP contribution in [0.4, 0.5) is 0 Å². The quantitative estimate of drug-likeness (QED) is 0.318. The molecule has 0 saturated carbocycles. The van der Waals surface area contributed by atoms with Crippen molar-refractivity contribution >= 4 is 11.9 Å². The predicted molar refractivity (Wildman–Crippen MR) is 10.0 cm³/mol. The molecule has 0 atom stereocenters. The molecule has 0 aliphatic carbocycles. The minimum absolute atomic E-state index is 0. The maximum Gasteiger partial charge on any atom is 2.00 e. The first-order valence-electron chi connectivity index (χ1n) is 1.07. The zero-order valence-corrected chi connectivity index (χ0v) is 11.1. The summed E-state index contributed by atoms with van der Waals surface area (Å²) in [7, 11) is 0. The van der Waals surface area contributed by atoms with Gasteiger partial charge in [0, 0.05) is 0 Å². The van der Waals surface area contributed by atoms with E-state index in [1.165, 1.54) is 0 Å². The third kappa shape index (κ3) is 17.7. The van der Waals surface area contributed by atoms with Gasteiger partial charge in [0.05, 0.1) is 11.9 Å². The Balaban J connectivity index is -0.0000000417. The summed E-state index contributed by atoms with van der Waals surface area (Å²) in [6.07, 6.45) is 0. The van der Waals surface area contributed by atoms with Crippen LogP contribution in [0.5, 0.6) is 0 Å². The summed E-state index contributed by atoms with van der Waals surface area (Å²) in [4.78, 5) is 17.9. The first kappa shape index (κ1) is 22.7. The fraction of sp³-hybridized carbons (Fsp3) is 0. The monoisotopic (exact) mass is 251 g/mol. The topological polar surface area (TPSA) is 80.3 Å². The number of carboxylic acids is 2. The van der Waals surface area contributed by atoms with Gasteiger partial charge in [-0.05, 0) is 0 Å². The van der Waals surface area contributed by atoms with E-state index in [1.807, 2.05) is 0 Å². The number of carboxylic acid groups (broad SMARTS) is 2. The summed E-state index contributed by atoms with van der Waals surface area (Å²) in [6.45, 7) is 0. The van der Waals surface area contributed by atoms with E-state index in [4.69, 9.17) is 19.8 Å². The van der Waals surface area contributed by atoms with Gasteiger partial charge < -0.3 is 32.2 Å². The number of hydrogen-bond acceptors (Lipinski definition) is 4. The van der Waals surface area contributed by atoms with Crippen LogP contribution < -0.4 is 22.6 Å². The molecule has 0 N–H and O–H groups in total. The van der Waals surface area contributed by atoms with Gasteiger partial charge in [-0.3, -0.25) is 0 Å². The fourth-order valence-corrected chi connectivity index (χ4v) is 0. The van der Waals surface area contributed by atoms with E-state index in [1.54, 1.807) is 0 Å². The first-order valence-corrected chi connectivity index (χ1v) is 1.07. The van der Waals surface area contributed by atoms with Crippen molar-refractivity contribution in [2.24, 2.45) is 0 Å².